The molecule has 0 saturated heterocycles. The van der Waals surface area contributed by atoms with Crippen LogP contribution in [0.3, 0.4) is 0 Å². The summed E-state index contributed by atoms with van der Waals surface area (Å²) in [5, 5.41) is 6.07. The van der Waals surface area contributed by atoms with E-state index < -0.39 is 0 Å². The largest absolute Gasteiger partial charge is 0.303 e. The second-order valence-corrected chi connectivity index (χ2v) is 3.16. The molecule has 0 fully saturated rings. The predicted octanol–water partition coefficient (Wildman–Crippen LogP) is 1.89. The molecule has 0 aliphatic heterocycles. The van der Waals surface area contributed by atoms with E-state index in [2.05, 4.69) is 23.5 Å². The molecule has 0 heterocycles. The Morgan fingerprint density at radius 3 is 2.82 bits per heavy atom. The highest BCUT2D eigenvalue weighted by molar-refractivity contribution is 5.60. The summed E-state index contributed by atoms with van der Waals surface area (Å²) in [6, 6.07) is 0. The van der Waals surface area contributed by atoms with Gasteiger partial charge in [-0.25, -0.2) is 0 Å². The van der Waals surface area contributed by atoms with Crippen LogP contribution in [0.1, 0.15) is 19.3 Å². The van der Waals surface area contributed by atoms with E-state index in [1.54, 1.807) is 0 Å². The van der Waals surface area contributed by atoms with E-state index in [0.717, 1.165) is 6.42 Å². The molecule has 0 saturated carbocycles. The molecule has 0 aromatic heterocycles. The molecule has 0 aromatic rings. The monoisotopic (exact) mass is 152 g/mol. The minimum Gasteiger partial charge on any atom is -0.303 e. The number of hydrazone groups is 1. The Kier molecular flexibility index (Phi) is 3.14. The molecule has 1 rings (SSSR count). The first-order valence-corrected chi connectivity index (χ1v) is 4.15. The third-order valence-electron chi connectivity index (χ3n) is 1.82. The second-order valence-electron chi connectivity index (χ2n) is 3.16. The fraction of sp³-hybridized carbons (Fsp3) is 0.667. The molecule has 0 N–H and O–H groups in total. The summed E-state index contributed by atoms with van der Waals surface area (Å²) < 4.78 is 0. The second kappa shape index (κ2) is 4.16. The van der Waals surface area contributed by atoms with Crippen LogP contribution < -0.4 is 0 Å². The maximum Gasteiger partial charge on any atom is 0.0279 e. The normalized spacial score (nSPS) is 24.4. The number of hydrogen-bond acceptors (Lipinski definition) is 2. The molecule has 0 amide bonds. The maximum atomic E-state index is 4.22. The van der Waals surface area contributed by atoms with Gasteiger partial charge in [0, 0.05) is 20.3 Å². The topological polar surface area (TPSA) is 15.6 Å². The first kappa shape index (κ1) is 8.31. The van der Waals surface area contributed by atoms with Crippen molar-refractivity contribution in [2.45, 2.75) is 19.3 Å². The van der Waals surface area contributed by atoms with Crippen LogP contribution in [0, 0.1) is 5.92 Å². The van der Waals surface area contributed by atoms with Crippen molar-refractivity contribution in [1.29, 1.82) is 0 Å². The first-order valence-electron chi connectivity index (χ1n) is 4.15. The van der Waals surface area contributed by atoms with Gasteiger partial charge in [0.25, 0.3) is 0 Å². The fourth-order valence-electron chi connectivity index (χ4n) is 1.18. The van der Waals surface area contributed by atoms with Gasteiger partial charge in [-0.1, -0.05) is 12.2 Å². The summed E-state index contributed by atoms with van der Waals surface area (Å²) in [4.78, 5) is 0. The Balaban J connectivity index is 2.31. The van der Waals surface area contributed by atoms with Crippen LogP contribution in [0.2, 0.25) is 0 Å². The zero-order valence-corrected chi connectivity index (χ0v) is 7.33. The summed E-state index contributed by atoms with van der Waals surface area (Å²) in [5.41, 5.74) is 0. The van der Waals surface area contributed by atoms with Gasteiger partial charge >= 0.3 is 0 Å². The molecule has 0 bridgehead atoms. The summed E-state index contributed by atoms with van der Waals surface area (Å²) in [6.45, 7) is 0. The molecule has 2 heteroatoms. The Morgan fingerprint density at radius 1 is 1.45 bits per heavy atom. The van der Waals surface area contributed by atoms with Crippen molar-refractivity contribution in [1.82, 2.24) is 5.01 Å². The van der Waals surface area contributed by atoms with Crippen LogP contribution in [0.5, 0.6) is 0 Å². The van der Waals surface area contributed by atoms with Crippen molar-refractivity contribution in [3.05, 3.63) is 12.2 Å². The molecule has 0 unspecified atom stereocenters. The van der Waals surface area contributed by atoms with Crippen molar-refractivity contribution in [2.24, 2.45) is 11.0 Å². The molecular weight excluding hydrogens is 136 g/mol. The molecule has 1 aliphatic rings. The summed E-state index contributed by atoms with van der Waals surface area (Å²) >= 11 is 0. The van der Waals surface area contributed by atoms with Crippen LogP contribution in [-0.4, -0.2) is 25.3 Å². The SMILES string of the molecule is CN(C)/N=C\[C@H]1CC=CCC1. The molecule has 0 aromatic carbocycles. The maximum absolute atomic E-state index is 4.22. The molecule has 2 nitrogen and oxygen atoms in total. The lowest BCUT2D eigenvalue weighted by Gasteiger charge is -2.13. The van der Waals surface area contributed by atoms with E-state index in [1.165, 1.54) is 12.8 Å². The van der Waals surface area contributed by atoms with Gasteiger partial charge in [0.1, 0.15) is 0 Å². The van der Waals surface area contributed by atoms with Crippen LogP contribution in [0.25, 0.3) is 0 Å². The molecule has 62 valence electrons. The summed E-state index contributed by atoms with van der Waals surface area (Å²) in [6.07, 6.45) is 10.2. The van der Waals surface area contributed by atoms with E-state index in [1.807, 2.05) is 19.1 Å². The highest BCUT2D eigenvalue weighted by Gasteiger charge is 2.05. The zero-order valence-electron chi connectivity index (χ0n) is 7.33. The van der Waals surface area contributed by atoms with Gasteiger partial charge in [-0.3, -0.25) is 0 Å². The minimum absolute atomic E-state index is 0.669. The van der Waals surface area contributed by atoms with Crippen molar-refractivity contribution < 1.29 is 0 Å². The van der Waals surface area contributed by atoms with Gasteiger partial charge in [0.15, 0.2) is 0 Å². The van der Waals surface area contributed by atoms with Gasteiger partial charge in [-0.2, -0.15) is 5.10 Å². The van der Waals surface area contributed by atoms with E-state index >= 15 is 0 Å². The quantitative estimate of drug-likeness (QED) is 0.335. The lowest BCUT2D eigenvalue weighted by Crippen LogP contribution is -2.08. The average Bonchev–Trinajstić information content (AvgIpc) is 2.03. The molecule has 1 atom stereocenters. The van der Waals surface area contributed by atoms with Crippen molar-refractivity contribution in [2.75, 3.05) is 14.1 Å². The Labute approximate surface area is 68.6 Å². The van der Waals surface area contributed by atoms with Crippen LogP contribution in [-0.2, 0) is 0 Å². The van der Waals surface area contributed by atoms with Crippen LogP contribution in [0.4, 0.5) is 0 Å². The lowest BCUT2D eigenvalue weighted by atomic mass is 9.96. The van der Waals surface area contributed by atoms with Crippen LogP contribution >= 0.6 is 0 Å². The van der Waals surface area contributed by atoms with Gasteiger partial charge < -0.3 is 5.01 Å². The van der Waals surface area contributed by atoms with Gasteiger partial charge in [0.2, 0.25) is 0 Å². The molecule has 0 radical (unpaired) electrons. The highest BCUT2D eigenvalue weighted by Crippen LogP contribution is 2.15. The Hall–Kier alpha value is -0.790. The third kappa shape index (κ3) is 3.21. The summed E-state index contributed by atoms with van der Waals surface area (Å²) in [5.74, 6) is 0.669. The molecule has 0 spiro atoms. The van der Waals surface area contributed by atoms with Gasteiger partial charge in [0.05, 0.1) is 0 Å². The van der Waals surface area contributed by atoms with E-state index in [9.17, 15) is 0 Å². The van der Waals surface area contributed by atoms with Gasteiger partial charge in [-0.15, -0.1) is 0 Å². The number of nitrogens with zero attached hydrogens (tertiary/aromatic N) is 2. The van der Waals surface area contributed by atoms with Crippen LogP contribution in [0.15, 0.2) is 17.3 Å². The van der Waals surface area contributed by atoms with Crippen molar-refractivity contribution in [3.8, 4) is 0 Å². The lowest BCUT2D eigenvalue weighted by molar-refractivity contribution is 0.434. The summed E-state index contributed by atoms with van der Waals surface area (Å²) in [7, 11) is 3.91. The fourth-order valence-corrected chi connectivity index (χ4v) is 1.18. The predicted molar refractivity (Wildman–Crippen MR) is 48.7 cm³/mol. The molecular formula is C9H16N2. The van der Waals surface area contributed by atoms with E-state index in [-0.39, 0.29) is 0 Å². The van der Waals surface area contributed by atoms with E-state index in [4.69, 9.17) is 0 Å². The standard InChI is InChI=1S/C9H16N2/c1-11(2)10-8-9-6-4-3-5-7-9/h3-4,8-9H,5-7H2,1-2H3/b10-8-/t9-/m0/s1. The zero-order chi connectivity index (χ0) is 8.10. The van der Waals surface area contributed by atoms with Crippen molar-refractivity contribution >= 4 is 6.21 Å². The first-order chi connectivity index (χ1) is 5.29. The number of rotatable bonds is 2. The van der Waals surface area contributed by atoms with E-state index in [0.29, 0.717) is 5.92 Å². The minimum atomic E-state index is 0.669. The average molecular weight is 152 g/mol. The van der Waals surface area contributed by atoms with Crippen molar-refractivity contribution in [3.63, 3.8) is 0 Å². The Morgan fingerprint density at radius 2 is 2.27 bits per heavy atom. The Bertz CT molecular complexity index is 159. The number of allylic oxidation sites excluding steroid dienone is 2. The van der Waals surface area contributed by atoms with Gasteiger partial charge in [-0.05, 0) is 25.2 Å². The molecule has 11 heavy (non-hydrogen) atoms. The highest BCUT2D eigenvalue weighted by atomic mass is 15.4. The smallest absolute Gasteiger partial charge is 0.0279 e. The molecule has 1 aliphatic carbocycles. The number of hydrogen-bond donors (Lipinski definition) is 0. The third-order valence-corrected chi connectivity index (χ3v) is 1.82.